The van der Waals surface area contributed by atoms with E-state index in [4.69, 9.17) is 4.74 Å². The Hall–Kier alpha value is -3.67. The Kier molecular flexibility index (Phi) is 6.99. The molecule has 2 aliphatic rings. The van der Waals surface area contributed by atoms with Gasteiger partial charge in [0, 0.05) is 51.4 Å². The maximum absolute atomic E-state index is 14.1. The van der Waals surface area contributed by atoms with Gasteiger partial charge < -0.3 is 18.9 Å². The van der Waals surface area contributed by atoms with E-state index < -0.39 is 24.1 Å². The Labute approximate surface area is 215 Å². The van der Waals surface area contributed by atoms with Crippen LogP contribution in [0.1, 0.15) is 11.1 Å². The van der Waals surface area contributed by atoms with Gasteiger partial charge in [-0.1, -0.05) is 18.2 Å². The second-order valence-electron chi connectivity index (χ2n) is 9.74. The lowest BCUT2D eigenvalue weighted by Gasteiger charge is -2.25. The van der Waals surface area contributed by atoms with Gasteiger partial charge in [0.2, 0.25) is 5.88 Å². The first-order valence-corrected chi connectivity index (χ1v) is 12.0. The summed E-state index contributed by atoms with van der Waals surface area (Å²) in [7, 11) is 1.73. The number of nitrogens with zero attached hydrogens (tertiary/aromatic N) is 4. The van der Waals surface area contributed by atoms with Gasteiger partial charge in [-0.15, -0.1) is 13.2 Å². The van der Waals surface area contributed by atoms with E-state index in [1.54, 1.807) is 17.7 Å². The molecule has 7 nitrogen and oxygen atoms in total. The van der Waals surface area contributed by atoms with Crippen molar-refractivity contribution in [3.63, 3.8) is 0 Å². The molecule has 1 aromatic heterocycles. The van der Waals surface area contributed by atoms with Crippen LogP contribution in [0.15, 0.2) is 55.0 Å². The van der Waals surface area contributed by atoms with Crippen LogP contribution in [0, 0.1) is 29.4 Å². The summed E-state index contributed by atoms with van der Waals surface area (Å²) in [4.78, 5) is 20.6. The van der Waals surface area contributed by atoms with Gasteiger partial charge in [-0.2, -0.15) is 0 Å². The minimum atomic E-state index is -4.83. The third kappa shape index (κ3) is 6.24. The minimum Gasteiger partial charge on any atom is -0.406 e. The van der Waals surface area contributed by atoms with Crippen molar-refractivity contribution in [2.24, 2.45) is 24.8 Å². The molecule has 0 bridgehead atoms. The molecule has 0 N–H and O–H groups in total. The molecule has 38 heavy (non-hydrogen) atoms. The molecular formula is C26H25F5N4O3. The number of benzene rings is 2. The van der Waals surface area contributed by atoms with Crippen LogP contribution in [-0.4, -0.2) is 51.4 Å². The molecule has 1 aliphatic carbocycles. The summed E-state index contributed by atoms with van der Waals surface area (Å²) in [5.74, 6) is -0.742. The molecular weight excluding hydrogens is 511 g/mol. The molecule has 1 aliphatic heterocycles. The highest BCUT2D eigenvalue weighted by Gasteiger charge is 2.56. The van der Waals surface area contributed by atoms with E-state index in [0.717, 1.165) is 6.07 Å². The van der Waals surface area contributed by atoms with Crippen LogP contribution in [0.4, 0.5) is 26.7 Å². The lowest BCUT2D eigenvalue weighted by molar-refractivity contribution is -0.274. The van der Waals surface area contributed by atoms with E-state index >= 15 is 0 Å². The summed E-state index contributed by atoms with van der Waals surface area (Å²) in [6.07, 6.45) is -2.48. The number of hydrogen-bond acceptors (Lipinski definition) is 5. The highest BCUT2D eigenvalue weighted by molar-refractivity contribution is 5.70. The number of amides is 1. The van der Waals surface area contributed by atoms with Crippen LogP contribution in [-0.2, 0) is 20.1 Å². The molecule has 0 radical (unpaired) electrons. The fraction of sp³-hybridized carbons (Fsp3) is 0.385. The smallest absolute Gasteiger partial charge is 0.406 e. The second kappa shape index (κ2) is 10.2. The third-order valence-electron chi connectivity index (χ3n) is 6.92. The molecule has 1 saturated carbocycles. The quantitative estimate of drug-likeness (QED) is 0.381. The Morgan fingerprint density at radius 1 is 1.13 bits per heavy atom. The van der Waals surface area contributed by atoms with Crippen LogP contribution in [0.3, 0.4) is 0 Å². The van der Waals surface area contributed by atoms with Gasteiger partial charge in [0.15, 0.2) is 0 Å². The average molecular weight is 537 g/mol. The zero-order valence-corrected chi connectivity index (χ0v) is 20.4. The highest BCUT2D eigenvalue weighted by atomic mass is 19.4. The summed E-state index contributed by atoms with van der Waals surface area (Å²) in [5, 5.41) is 0. The van der Waals surface area contributed by atoms with Gasteiger partial charge in [0.25, 0.3) is 0 Å². The van der Waals surface area contributed by atoms with Crippen molar-refractivity contribution in [3.05, 3.63) is 77.8 Å². The van der Waals surface area contributed by atoms with Gasteiger partial charge in [0.05, 0.1) is 12.5 Å². The summed E-state index contributed by atoms with van der Waals surface area (Å²) < 4.78 is 76.3. The normalized spacial score (nSPS) is 20.7. The molecule has 12 heteroatoms. The highest BCUT2D eigenvalue weighted by Crippen LogP contribution is 2.52. The average Bonchev–Trinajstić information content (AvgIpc) is 3.13. The van der Waals surface area contributed by atoms with E-state index in [9.17, 15) is 26.7 Å². The first kappa shape index (κ1) is 26.0. The molecule has 1 saturated heterocycles. The van der Waals surface area contributed by atoms with E-state index in [-0.39, 0.29) is 35.9 Å². The molecule has 2 heterocycles. The lowest BCUT2D eigenvalue weighted by atomic mass is 10.1. The Balaban J connectivity index is 1.24. The maximum atomic E-state index is 14.1. The van der Waals surface area contributed by atoms with Crippen molar-refractivity contribution < 1.29 is 36.2 Å². The standard InChI is InChI=1S/C26H25F5N4O3/c1-33-14-24(32-15-33)37-25(36)35(9-16-3-2-4-19(7-16)38-26(29,30)31)13-22-20-11-34(12-21(20)22)10-17-5-6-18(27)8-23(17)28/h2-8,14-15,20-22H,9-13H2,1H3. The number of carbonyl (C=O) groups is 1. The number of carbonyl (C=O) groups excluding carboxylic acids is 1. The van der Waals surface area contributed by atoms with Crippen molar-refractivity contribution in [3.8, 4) is 11.6 Å². The third-order valence-corrected chi connectivity index (χ3v) is 6.92. The molecule has 202 valence electrons. The fourth-order valence-electron chi connectivity index (χ4n) is 5.14. The van der Waals surface area contributed by atoms with Crippen molar-refractivity contribution in [1.29, 1.82) is 0 Å². The first-order chi connectivity index (χ1) is 18.0. The lowest BCUT2D eigenvalue weighted by Crippen LogP contribution is -2.36. The molecule has 0 spiro atoms. The van der Waals surface area contributed by atoms with E-state index in [0.29, 0.717) is 37.3 Å². The zero-order chi connectivity index (χ0) is 27.0. The van der Waals surface area contributed by atoms with Crippen molar-refractivity contribution in [2.75, 3.05) is 19.6 Å². The van der Waals surface area contributed by atoms with Gasteiger partial charge in [0.1, 0.15) is 17.4 Å². The number of fused-ring (bicyclic) bond motifs is 1. The number of hydrogen-bond donors (Lipinski definition) is 0. The van der Waals surface area contributed by atoms with Crippen LogP contribution in [0.2, 0.25) is 0 Å². The molecule has 1 amide bonds. The molecule has 3 aromatic rings. The zero-order valence-electron chi connectivity index (χ0n) is 20.4. The van der Waals surface area contributed by atoms with Crippen LogP contribution >= 0.6 is 0 Å². The number of halogens is 5. The number of piperidine rings is 1. The topological polar surface area (TPSA) is 59.8 Å². The largest absolute Gasteiger partial charge is 0.573 e. The van der Waals surface area contributed by atoms with Gasteiger partial charge >= 0.3 is 12.5 Å². The maximum Gasteiger partial charge on any atom is 0.573 e. The van der Waals surface area contributed by atoms with E-state index in [1.807, 2.05) is 0 Å². The van der Waals surface area contributed by atoms with Crippen molar-refractivity contribution in [1.82, 2.24) is 19.4 Å². The Bertz CT molecular complexity index is 1300. The predicted octanol–water partition coefficient (Wildman–Crippen LogP) is 4.98. The number of imidazole rings is 1. The number of rotatable bonds is 8. The molecule has 2 unspecified atom stereocenters. The van der Waals surface area contributed by atoms with E-state index in [2.05, 4.69) is 14.6 Å². The monoisotopic (exact) mass is 536 g/mol. The number of aryl methyl sites for hydroxylation is 1. The van der Waals surface area contributed by atoms with Gasteiger partial charge in [-0.05, 0) is 41.5 Å². The number of likely N-dealkylation sites (tertiary alicyclic amines) is 1. The number of aromatic nitrogens is 2. The first-order valence-electron chi connectivity index (χ1n) is 12.0. The Morgan fingerprint density at radius 3 is 2.55 bits per heavy atom. The summed E-state index contributed by atoms with van der Waals surface area (Å²) in [6.45, 7) is 2.11. The fourth-order valence-corrected chi connectivity index (χ4v) is 5.14. The summed E-state index contributed by atoms with van der Waals surface area (Å²) in [6, 6.07) is 9.01. The second-order valence-corrected chi connectivity index (χ2v) is 9.74. The Morgan fingerprint density at radius 2 is 1.89 bits per heavy atom. The van der Waals surface area contributed by atoms with Crippen molar-refractivity contribution in [2.45, 2.75) is 19.5 Å². The van der Waals surface area contributed by atoms with Crippen LogP contribution in [0.25, 0.3) is 0 Å². The van der Waals surface area contributed by atoms with Crippen LogP contribution < -0.4 is 9.47 Å². The summed E-state index contributed by atoms with van der Waals surface area (Å²) in [5.41, 5.74) is 0.870. The van der Waals surface area contributed by atoms with Gasteiger partial charge in [-0.25, -0.2) is 18.6 Å². The van der Waals surface area contributed by atoms with Crippen molar-refractivity contribution >= 4 is 6.09 Å². The minimum absolute atomic E-state index is 0.0150. The van der Waals surface area contributed by atoms with Gasteiger partial charge in [-0.3, -0.25) is 4.90 Å². The molecule has 2 atom stereocenters. The predicted molar refractivity (Wildman–Crippen MR) is 125 cm³/mol. The number of alkyl halides is 3. The van der Waals surface area contributed by atoms with E-state index in [1.165, 1.54) is 47.8 Å². The number of ether oxygens (including phenoxy) is 2. The molecule has 2 aromatic carbocycles. The molecule has 5 rings (SSSR count). The van der Waals surface area contributed by atoms with Crippen LogP contribution in [0.5, 0.6) is 11.6 Å². The molecule has 2 fully saturated rings. The summed E-state index contributed by atoms with van der Waals surface area (Å²) >= 11 is 0. The SMILES string of the molecule is Cn1cnc(OC(=O)N(Cc2cccc(OC(F)(F)F)c2)CC2C3CN(Cc4ccc(F)cc4F)CC32)c1.